The number of hydrogen-bond acceptors (Lipinski definition) is 4. The number of hydrogen-bond donors (Lipinski definition) is 1. The van der Waals surface area contributed by atoms with E-state index >= 15 is 0 Å². The maximum Gasteiger partial charge on any atom is 0.240 e. The summed E-state index contributed by atoms with van der Waals surface area (Å²) in [7, 11) is -1.75. The summed E-state index contributed by atoms with van der Waals surface area (Å²) in [4.78, 5) is 13.0. The van der Waals surface area contributed by atoms with E-state index in [0.29, 0.717) is 19.4 Å². The molecule has 1 fully saturated rings. The normalized spacial score (nSPS) is 24.6. The van der Waals surface area contributed by atoms with Gasteiger partial charge in [-0.1, -0.05) is 6.92 Å². The number of carbonyl (C=O) groups excluding carboxylic acids is 1. The molecule has 0 saturated carbocycles. The van der Waals surface area contributed by atoms with Gasteiger partial charge in [0.1, 0.15) is 5.25 Å². The minimum Gasteiger partial charge on any atom is -0.345 e. The molecule has 0 spiro atoms. The number of nitrogens with zero attached hydrogens (tertiary/aromatic N) is 1. The first kappa shape index (κ1) is 12.4. The molecule has 0 aromatic rings. The lowest BCUT2D eigenvalue weighted by Crippen LogP contribution is -2.38. The molecule has 5 nitrogen and oxygen atoms in total. The summed E-state index contributed by atoms with van der Waals surface area (Å²) in [5.74, 6) is -0.383. The van der Waals surface area contributed by atoms with Gasteiger partial charge in [0.2, 0.25) is 5.91 Å². The topological polar surface area (TPSA) is 80.5 Å². The highest BCUT2D eigenvalue weighted by molar-refractivity contribution is 7.92. The van der Waals surface area contributed by atoms with E-state index in [9.17, 15) is 13.2 Å². The van der Waals surface area contributed by atoms with Crippen molar-refractivity contribution >= 4 is 15.7 Å². The standard InChI is InChI=1S/C9H18N2O3S/c1-3-7(10)6-15(13,14)8-4-5-11(2)9(8)12/h7-8H,3-6,10H2,1-2H3. The van der Waals surface area contributed by atoms with E-state index < -0.39 is 15.1 Å². The Hall–Kier alpha value is -0.620. The van der Waals surface area contributed by atoms with E-state index in [4.69, 9.17) is 5.73 Å². The fourth-order valence-corrected chi connectivity index (χ4v) is 3.67. The Labute approximate surface area is 90.5 Å². The average Bonchev–Trinajstić information content (AvgIpc) is 2.47. The Kier molecular flexibility index (Phi) is 3.72. The lowest BCUT2D eigenvalue weighted by atomic mass is 10.3. The molecule has 88 valence electrons. The molecule has 1 saturated heterocycles. The second-order valence-electron chi connectivity index (χ2n) is 4.03. The van der Waals surface area contributed by atoms with Gasteiger partial charge < -0.3 is 10.6 Å². The van der Waals surface area contributed by atoms with Crippen LogP contribution in [0.4, 0.5) is 0 Å². The van der Waals surface area contributed by atoms with Gasteiger partial charge in [-0.2, -0.15) is 0 Å². The molecule has 1 heterocycles. The van der Waals surface area contributed by atoms with Gasteiger partial charge in [0.25, 0.3) is 0 Å². The molecule has 2 atom stereocenters. The Morgan fingerprint density at radius 1 is 1.60 bits per heavy atom. The Balaban J connectivity index is 2.75. The van der Waals surface area contributed by atoms with Crippen molar-refractivity contribution < 1.29 is 13.2 Å². The third-order valence-electron chi connectivity index (χ3n) is 2.78. The second-order valence-corrected chi connectivity index (χ2v) is 6.26. The van der Waals surface area contributed by atoms with Gasteiger partial charge in [-0.25, -0.2) is 8.42 Å². The van der Waals surface area contributed by atoms with Crippen molar-refractivity contribution in [3.8, 4) is 0 Å². The van der Waals surface area contributed by atoms with Crippen molar-refractivity contribution in [3.05, 3.63) is 0 Å². The van der Waals surface area contributed by atoms with Gasteiger partial charge in [0.15, 0.2) is 9.84 Å². The van der Waals surface area contributed by atoms with E-state index in [1.54, 1.807) is 7.05 Å². The van der Waals surface area contributed by atoms with Crippen LogP contribution >= 0.6 is 0 Å². The van der Waals surface area contributed by atoms with Gasteiger partial charge in [-0.05, 0) is 12.8 Å². The molecule has 2 N–H and O–H groups in total. The summed E-state index contributed by atoms with van der Waals surface area (Å²) in [5, 5.41) is -0.861. The highest BCUT2D eigenvalue weighted by Gasteiger charge is 2.39. The van der Waals surface area contributed by atoms with Gasteiger partial charge in [-0.3, -0.25) is 4.79 Å². The minimum atomic E-state index is -3.37. The summed E-state index contributed by atoms with van der Waals surface area (Å²) in [6.07, 6.45) is 1.00. The number of amides is 1. The van der Waals surface area contributed by atoms with Crippen LogP contribution in [-0.2, 0) is 14.6 Å². The van der Waals surface area contributed by atoms with Crippen molar-refractivity contribution in [1.82, 2.24) is 4.90 Å². The molecular weight excluding hydrogens is 216 g/mol. The Bertz CT molecular complexity index is 339. The SMILES string of the molecule is CCC(N)CS(=O)(=O)C1CCN(C)C1=O. The van der Waals surface area contributed by atoms with E-state index in [1.807, 2.05) is 6.92 Å². The van der Waals surface area contributed by atoms with Crippen LogP contribution in [0.2, 0.25) is 0 Å². The molecule has 1 rings (SSSR count). The number of rotatable bonds is 4. The summed E-state index contributed by atoms with van der Waals surface area (Å²) in [6.45, 7) is 2.35. The molecule has 0 aromatic heterocycles. The van der Waals surface area contributed by atoms with Gasteiger partial charge in [0, 0.05) is 19.6 Å². The monoisotopic (exact) mass is 234 g/mol. The van der Waals surface area contributed by atoms with Crippen LogP contribution in [-0.4, -0.2) is 49.9 Å². The van der Waals surface area contributed by atoms with Crippen LogP contribution < -0.4 is 5.73 Å². The molecule has 0 radical (unpaired) electrons. The second kappa shape index (κ2) is 4.49. The zero-order valence-corrected chi connectivity index (χ0v) is 9.96. The lowest BCUT2D eigenvalue weighted by Gasteiger charge is -2.14. The summed E-state index contributed by atoms with van der Waals surface area (Å²) >= 11 is 0. The first-order chi connectivity index (χ1) is 6.88. The molecule has 15 heavy (non-hydrogen) atoms. The lowest BCUT2D eigenvalue weighted by molar-refractivity contribution is -0.126. The van der Waals surface area contributed by atoms with Crippen LogP contribution in [0.25, 0.3) is 0 Å². The first-order valence-corrected chi connectivity index (χ1v) is 6.82. The minimum absolute atomic E-state index is 0.0895. The van der Waals surface area contributed by atoms with Crippen LogP contribution in [0.1, 0.15) is 19.8 Å². The van der Waals surface area contributed by atoms with E-state index in [-0.39, 0.29) is 17.7 Å². The smallest absolute Gasteiger partial charge is 0.240 e. The van der Waals surface area contributed by atoms with Crippen molar-refractivity contribution in [2.75, 3.05) is 19.3 Å². The number of nitrogens with two attached hydrogens (primary N) is 1. The summed E-state index contributed by atoms with van der Waals surface area (Å²) in [6, 6.07) is -0.367. The molecule has 0 aliphatic carbocycles. The van der Waals surface area contributed by atoms with Crippen LogP contribution in [0.5, 0.6) is 0 Å². The number of likely N-dealkylation sites (tertiary alicyclic amines) is 1. The molecule has 2 unspecified atom stereocenters. The van der Waals surface area contributed by atoms with Crippen LogP contribution in [0, 0.1) is 0 Å². The average molecular weight is 234 g/mol. The predicted molar refractivity (Wildman–Crippen MR) is 58.1 cm³/mol. The molecule has 1 amide bonds. The molecule has 1 aliphatic heterocycles. The summed E-state index contributed by atoms with van der Waals surface area (Å²) < 4.78 is 23.7. The van der Waals surface area contributed by atoms with E-state index in [0.717, 1.165) is 0 Å². The Morgan fingerprint density at radius 2 is 2.20 bits per heavy atom. The van der Waals surface area contributed by atoms with Crippen LogP contribution in [0.15, 0.2) is 0 Å². The molecule has 0 bridgehead atoms. The van der Waals surface area contributed by atoms with Gasteiger partial charge >= 0.3 is 0 Å². The van der Waals surface area contributed by atoms with Crippen molar-refractivity contribution in [2.24, 2.45) is 5.73 Å². The fraction of sp³-hybridized carbons (Fsp3) is 0.889. The van der Waals surface area contributed by atoms with E-state index in [1.165, 1.54) is 4.90 Å². The molecule has 1 aliphatic rings. The number of carbonyl (C=O) groups is 1. The maximum atomic E-state index is 11.8. The first-order valence-electron chi connectivity index (χ1n) is 5.10. The highest BCUT2D eigenvalue weighted by atomic mass is 32.2. The largest absolute Gasteiger partial charge is 0.345 e. The Morgan fingerprint density at radius 3 is 2.60 bits per heavy atom. The quantitative estimate of drug-likeness (QED) is 0.702. The predicted octanol–water partition coefficient (Wildman–Crippen LogP) is -0.631. The summed E-state index contributed by atoms with van der Waals surface area (Å²) in [5.41, 5.74) is 5.60. The number of sulfone groups is 1. The van der Waals surface area contributed by atoms with Gasteiger partial charge in [-0.15, -0.1) is 0 Å². The van der Waals surface area contributed by atoms with Crippen molar-refractivity contribution in [2.45, 2.75) is 31.1 Å². The third-order valence-corrected chi connectivity index (χ3v) is 4.98. The van der Waals surface area contributed by atoms with Crippen molar-refractivity contribution in [1.29, 1.82) is 0 Å². The highest BCUT2D eigenvalue weighted by Crippen LogP contribution is 2.18. The zero-order valence-electron chi connectivity index (χ0n) is 9.14. The van der Waals surface area contributed by atoms with Crippen molar-refractivity contribution in [3.63, 3.8) is 0 Å². The van der Waals surface area contributed by atoms with E-state index in [2.05, 4.69) is 0 Å². The van der Waals surface area contributed by atoms with Crippen LogP contribution in [0.3, 0.4) is 0 Å². The fourth-order valence-electron chi connectivity index (χ4n) is 1.66. The molecular formula is C9H18N2O3S. The molecule has 6 heteroatoms. The molecule has 0 aromatic carbocycles. The zero-order chi connectivity index (χ0) is 11.6. The maximum absolute atomic E-state index is 11.8. The van der Waals surface area contributed by atoms with Gasteiger partial charge in [0.05, 0.1) is 5.75 Å². The third kappa shape index (κ3) is 2.69.